The highest BCUT2D eigenvalue weighted by Crippen LogP contribution is 2.46. The molecule has 0 unspecified atom stereocenters. The summed E-state index contributed by atoms with van der Waals surface area (Å²) in [6.45, 7) is 6.06. The van der Waals surface area contributed by atoms with E-state index in [0.717, 1.165) is 56.6 Å². The van der Waals surface area contributed by atoms with Gasteiger partial charge in [-0.1, -0.05) is 35.9 Å². The van der Waals surface area contributed by atoms with E-state index in [-0.39, 0.29) is 23.9 Å². The number of nitrogens with one attached hydrogen (secondary N) is 1. The summed E-state index contributed by atoms with van der Waals surface area (Å²) >= 11 is 0. The van der Waals surface area contributed by atoms with Crippen LogP contribution in [0.4, 0.5) is 10.5 Å². The average Bonchev–Trinajstić information content (AvgIpc) is 3.14. The maximum Gasteiger partial charge on any atom is 0.419 e. The Balaban J connectivity index is 1.43. The Morgan fingerprint density at radius 3 is 2.84 bits per heavy atom. The maximum atomic E-state index is 13.8. The van der Waals surface area contributed by atoms with Crippen molar-refractivity contribution >= 4 is 27.6 Å². The molecule has 4 aliphatic rings. The second-order valence-electron chi connectivity index (χ2n) is 13.0. The highest BCUT2D eigenvalue weighted by Gasteiger charge is 2.44. The molecule has 2 aromatic rings. The lowest BCUT2D eigenvalue weighted by atomic mass is 9.68. The van der Waals surface area contributed by atoms with Crippen LogP contribution < -0.4 is 14.4 Å². The standard InChI is InChI=1S/C35H45N3O6S/c1-4-43-34(40)37-45(41)18-7-5-6-10-31(42-3)28-14-12-27(28)21-38-22-35(17-8-9-25-19-24(2)11-15-29(25)35)23-44-32-16-13-26(20-30(32)38)33(39)36-45/h6,10-11,13,15-16,19-20,27-28,31H,4-5,7-9,12,14,17-18,21-23H2,1-3H3,(H,36,37,39,40,41)/b10-6+/t27-,28+,31-,35-,45-/m0/s1. The van der Waals surface area contributed by atoms with Gasteiger partial charge in [0.1, 0.15) is 15.7 Å². The van der Waals surface area contributed by atoms with Crippen molar-refractivity contribution in [3.05, 3.63) is 70.8 Å². The fraction of sp³-hybridized carbons (Fsp3) is 0.543. The van der Waals surface area contributed by atoms with Crippen molar-refractivity contribution in [3.63, 3.8) is 0 Å². The molecule has 2 heterocycles. The Kier molecular flexibility index (Phi) is 9.24. The Bertz CT molecular complexity index is 1600. The molecule has 0 saturated heterocycles. The topological polar surface area (TPSA) is 107 Å². The summed E-state index contributed by atoms with van der Waals surface area (Å²) in [5.41, 5.74) is 4.99. The van der Waals surface area contributed by atoms with Crippen molar-refractivity contribution in [2.24, 2.45) is 16.2 Å². The van der Waals surface area contributed by atoms with Gasteiger partial charge in [0.2, 0.25) is 0 Å². The molecule has 1 saturated carbocycles. The Labute approximate surface area is 267 Å². The van der Waals surface area contributed by atoms with Gasteiger partial charge in [-0.3, -0.25) is 4.79 Å². The summed E-state index contributed by atoms with van der Waals surface area (Å²) in [5.74, 6) is 0.910. The number of rotatable bonds is 3. The van der Waals surface area contributed by atoms with Gasteiger partial charge < -0.3 is 19.1 Å². The van der Waals surface area contributed by atoms with Crippen molar-refractivity contribution in [3.8, 4) is 5.75 Å². The van der Waals surface area contributed by atoms with Gasteiger partial charge in [-0.15, -0.1) is 4.36 Å². The molecule has 1 N–H and O–H groups in total. The van der Waals surface area contributed by atoms with Crippen molar-refractivity contribution in [1.29, 1.82) is 0 Å². The van der Waals surface area contributed by atoms with E-state index < -0.39 is 21.9 Å². The van der Waals surface area contributed by atoms with E-state index in [1.54, 1.807) is 20.1 Å². The summed E-state index contributed by atoms with van der Waals surface area (Å²) < 4.78 is 37.9. The highest BCUT2D eigenvalue weighted by atomic mass is 32.2. The molecule has 1 spiro atoms. The molecule has 45 heavy (non-hydrogen) atoms. The quantitative estimate of drug-likeness (QED) is 0.405. The van der Waals surface area contributed by atoms with Crippen molar-refractivity contribution in [1.82, 2.24) is 4.72 Å². The fourth-order valence-electron chi connectivity index (χ4n) is 7.56. The predicted octanol–water partition coefficient (Wildman–Crippen LogP) is 6.13. The van der Waals surface area contributed by atoms with E-state index in [9.17, 15) is 13.8 Å². The number of carbonyl (C=O) groups excluding carboxylic acids is 2. The second-order valence-corrected chi connectivity index (χ2v) is 15.1. The number of hydrogen-bond acceptors (Lipinski definition) is 7. The number of amides is 2. The number of ether oxygens (including phenoxy) is 3. The van der Waals surface area contributed by atoms with Gasteiger partial charge in [-0.2, -0.15) is 0 Å². The number of benzene rings is 2. The SMILES string of the molecule is CCOC(=O)N[S@@]1(=O)=NC(=O)c2ccc3c(c2)N(C[C@@H]2CC[C@H]2[C@@H](OC)/C=C/CCC1)C[C@@]1(CCCc2cc(C)ccc21)CO3. The van der Waals surface area contributed by atoms with E-state index in [4.69, 9.17) is 14.2 Å². The van der Waals surface area contributed by atoms with Crippen molar-refractivity contribution in [2.45, 2.75) is 70.3 Å². The molecule has 2 bridgehead atoms. The minimum absolute atomic E-state index is 0.0210. The van der Waals surface area contributed by atoms with E-state index in [2.05, 4.69) is 51.3 Å². The van der Waals surface area contributed by atoms with Crippen LogP contribution in [0.2, 0.25) is 0 Å². The fourth-order valence-corrected chi connectivity index (χ4v) is 9.05. The summed E-state index contributed by atoms with van der Waals surface area (Å²) in [4.78, 5) is 28.3. The number of carbonyl (C=O) groups is 2. The molecule has 2 aliphatic carbocycles. The normalized spacial score (nSPS) is 30.4. The van der Waals surface area contributed by atoms with Crippen LogP contribution in [0.1, 0.15) is 72.5 Å². The molecule has 2 amide bonds. The first-order valence-corrected chi connectivity index (χ1v) is 18.0. The first-order chi connectivity index (χ1) is 21.7. The lowest BCUT2D eigenvalue weighted by Crippen LogP contribution is -2.49. The largest absolute Gasteiger partial charge is 0.490 e. The number of nitrogens with zero attached hydrogens (tertiary/aromatic N) is 2. The number of hydrogen-bond donors (Lipinski definition) is 1. The maximum absolute atomic E-state index is 13.8. The van der Waals surface area contributed by atoms with Crippen molar-refractivity contribution < 1.29 is 28.0 Å². The zero-order chi connectivity index (χ0) is 31.6. The van der Waals surface area contributed by atoms with E-state index >= 15 is 0 Å². The first kappa shape index (κ1) is 31.6. The van der Waals surface area contributed by atoms with Crippen LogP contribution in [0.3, 0.4) is 0 Å². The van der Waals surface area contributed by atoms with E-state index in [1.165, 1.54) is 16.7 Å². The number of methoxy groups -OCH3 is 1. The lowest BCUT2D eigenvalue weighted by Gasteiger charge is -2.46. The number of allylic oxidation sites excluding steroid dienone is 1. The van der Waals surface area contributed by atoms with Gasteiger partial charge in [-0.05, 0) is 100.0 Å². The zero-order valence-corrected chi connectivity index (χ0v) is 27.4. The number of anilines is 1. The van der Waals surface area contributed by atoms with Crippen LogP contribution in [-0.2, 0) is 31.2 Å². The smallest absolute Gasteiger partial charge is 0.419 e. The molecule has 2 aromatic carbocycles. The number of aryl methyl sites for hydroxylation is 2. The molecule has 5 atom stereocenters. The third kappa shape index (κ3) is 6.63. The van der Waals surface area contributed by atoms with Crippen LogP contribution >= 0.6 is 0 Å². The van der Waals surface area contributed by atoms with Gasteiger partial charge >= 0.3 is 6.09 Å². The minimum atomic E-state index is -3.42. The Morgan fingerprint density at radius 2 is 2.07 bits per heavy atom. The molecule has 2 aliphatic heterocycles. The molecule has 242 valence electrons. The molecule has 9 nitrogen and oxygen atoms in total. The van der Waals surface area contributed by atoms with Crippen LogP contribution in [0.5, 0.6) is 5.75 Å². The summed E-state index contributed by atoms with van der Waals surface area (Å²) in [6.07, 6.45) is 9.77. The first-order valence-electron chi connectivity index (χ1n) is 16.3. The molecular formula is C35H45N3O6S. The van der Waals surface area contributed by atoms with E-state index in [0.29, 0.717) is 36.8 Å². The summed E-state index contributed by atoms with van der Waals surface area (Å²) in [5, 5.41) is 0. The van der Waals surface area contributed by atoms with Crippen molar-refractivity contribution in [2.75, 3.05) is 44.1 Å². The molecular weight excluding hydrogens is 590 g/mol. The third-order valence-corrected chi connectivity index (χ3v) is 11.8. The molecule has 0 radical (unpaired) electrons. The molecule has 6 rings (SSSR count). The second kappa shape index (κ2) is 13.2. The monoisotopic (exact) mass is 635 g/mol. The number of fused-ring (bicyclic) bond motifs is 4. The van der Waals surface area contributed by atoms with Gasteiger partial charge in [0, 0.05) is 31.2 Å². The van der Waals surface area contributed by atoms with Crippen LogP contribution in [0, 0.1) is 18.8 Å². The van der Waals surface area contributed by atoms with Gasteiger partial charge in [0.25, 0.3) is 5.91 Å². The zero-order valence-electron chi connectivity index (χ0n) is 26.6. The van der Waals surface area contributed by atoms with Gasteiger partial charge in [0.15, 0.2) is 0 Å². The molecule has 0 aromatic heterocycles. The predicted molar refractivity (Wildman–Crippen MR) is 175 cm³/mol. The van der Waals surface area contributed by atoms with Crippen LogP contribution in [0.15, 0.2) is 52.9 Å². The summed E-state index contributed by atoms with van der Waals surface area (Å²) in [7, 11) is -1.66. The Morgan fingerprint density at radius 1 is 1.20 bits per heavy atom. The van der Waals surface area contributed by atoms with Gasteiger partial charge in [0.05, 0.1) is 30.8 Å². The van der Waals surface area contributed by atoms with Gasteiger partial charge in [-0.25, -0.2) is 13.7 Å². The molecule has 10 heteroatoms. The minimum Gasteiger partial charge on any atom is -0.490 e. The Hall–Kier alpha value is -3.37. The van der Waals surface area contributed by atoms with Crippen LogP contribution in [-0.4, -0.2) is 61.5 Å². The van der Waals surface area contributed by atoms with E-state index in [1.807, 2.05) is 12.1 Å². The van der Waals surface area contributed by atoms with Crippen LogP contribution in [0.25, 0.3) is 0 Å². The highest BCUT2D eigenvalue weighted by molar-refractivity contribution is 7.92. The average molecular weight is 636 g/mol. The summed E-state index contributed by atoms with van der Waals surface area (Å²) in [6, 6.07) is 12.2. The lowest BCUT2D eigenvalue weighted by molar-refractivity contribution is 0.0132. The molecule has 1 fully saturated rings. The third-order valence-electron chi connectivity index (χ3n) is 9.97.